The molecule has 0 fully saturated rings. The van der Waals surface area contributed by atoms with Crippen molar-refractivity contribution in [3.8, 4) is 0 Å². The summed E-state index contributed by atoms with van der Waals surface area (Å²) in [7, 11) is 0. The lowest BCUT2D eigenvalue weighted by atomic mass is 10.2. The lowest BCUT2D eigenvalue weighted by Gasteiger charge is -2.06. The molecule has 0 aromatic heterocycles. The van der Waals surface area contributed by atoms with Crippen LogP contribution in [-0.4, -0.2) is 12.3 Å². The van der Waals surface area contributed by atoms with Crippen LogP contribution in [0.1, 0.15) is 10.4 Å². The summed E-state index contributed by atoms with van der Waals surface area (Å²) in [6, 6.07) is 6.98. The van der Waals surface area contributed by atoms with Gasteiger partial charge in [0, 0.05) is 0 Å². The highest BCUT2D eigenvalue weighted by atomic mass is 19.4. The van der Waals surface area contributed by atoms with Crippen molar-refractivity contribution in [2.75, 3.05) is 0 Å². The van der Waals surface area contributed by atoms with Crippen LogP contribution in [0.5, 0.6) is 0 Å². The zero-order valence-corrected chi connectivity index (χ0v) is 6.34. The molecule has 1 aromatic carbocycles. The van der Waals surface area contributed by atoms with E-state index in [0.29, 0.717) is 0 Å². The van der Waals surface area contributed by atoms with E-state index in [1.165, 1.54) is 24.3 Å². The van der Waals surface area contributed by atoms with Gasteiger partial charge in [-0.3, -0.25) is 0 Å². The Kier molecular flexibility index (Phi) is 2.55. The van der Waals surface area contributed by atoms with Gasteiger partial charge in [-0.1, -0.05) is 18.2 Å². The molecule has 0 aliphatic heterocycles. The van der Waals surface area contributed by atoms with E-state index in [1.54, 1.807) is 6.07 Å². The van der Waals surface area contributed by atoms with Crippen LogP contribution < -0.4 is 0 Å². The molecule has 0 heterocycles. The quantitative estimate of drug-likeness (QED) is 0.635. The number of hydrogen-bond donors (Lipinski definition) is 0. The van der Waals surface area contributed by atoms with Crippen molar-refractivity contribution in [3.63, 3.8) is 0 Å². The Bertz CT molecular complexity index is 292. The van der Waals surface area contributed by atoms with E-state index in [0.717, 1.165) is 0 Å². The van der Waals surface area contributed by atoms with E-state index < -0.39 is 12.3 Å². The molecule has 0 saturated carbocycles. The molecule has 0 unspecified atom stereocenters. The van der Waals surface area contributed by atoms with Crippen molar-refractivity contribution in [1.29, 1.82) is 0 Å². The van der Waals surface area contributed by atoms with E-state index in [9.17, 15) is 18.0 Å². The van der Waals surface area contributed by atoms with E-state index in [1.807, 2.05) is 0 Å². The number of esters is 1. The van der Waals surface area contributed by atoms with Crippen LogP contribution in [-0.2, 0) is 4.74 Å². The minimum Gasteiger partial charge on any atom is -0.369 e. The standard InChI is InChI=1S/C8H5F3O2/c9-8(10,11)13-7(12)6-4-2-1-3-5-6/h1-5H. The maximum atomic E-state index is 11.5. The van der Waals surface area contributed by atoms with Crippen molar-refractivity contribution in [1.82, 2.24) is 0 Å². The fraction of sp³-hybridized carbons (Fsp3) is 0.125. The predicted molar refractivity (Wildman–Crippen MR) is 37.9 cm³/mol. The third-order valence-electron chi connectivity index (χ3n) is 1.22. The first-order valence-corrected chi connectivity index (χ1v) is 3.34. The van der Waals surface area contributed by atoms with Crippen molar-refractivity contribution < 1.29 is 22.7 Å². The van der Waals surface area contributed by atoms with Crippen molar-refractivity contribution in [3.05, 3.63) is 35.9 Å². The SMILES string of the molecule is O=C(OC(F)(F)F)c1ccccc1. The smallest absolute Gasteiger partial charge is 0.369 e. The minimum absolute atomic E-state index is 0.125. The molecule has 0 spiro atoms. The first-order valence-electron chi connectivity index (χ1n) is 3.34. The topological polar surface area (TPSA) is 26.3 Å². The average Bonchev–Trinajstić information content (AvgIpc) is 2.03. The second-order valence-electron chi connectivity index (χ2n) is 2.20. The molecule has 0 bridgehead atoms. The molecule has 1 aromatic rings. The molecular formula is C8H5F3O2. The summed E-state index contributed by atoms with van der Waals surface area (Å²) < 4.78 is 37.8. The monoisotopic (exact) mass is 190 g/mol. The van der Waals surface area contributed by atoms with Crippen LogP contribution >= 0.6 is 0 Å². The maximum absolute atomic E-state index is 11.5. The number of hydrogen-bond acceptors (Lipinski definition) is 2. The summed E-state index contributed by atoms with van der Waals surface area (Å²) in [5.74, 6) is -1.40. The lowest BCUT2D eigenvalue weighted by molar-refractivity contribution is -0.291. The highest BCUT2D eigenvalue weighted by Gasteiger charge is 2.34. The first kappa shape index (κ1) is 9.57. The zero-order chi connectivity index (χ0) is 9.90. The fourth-order valence-electron chi connectivity index (χ4n) is 0.738. The highest BCUT2D eigenvalue weighted by Crippen LogP contribution is 2.18. The van der Waals surface area contributed by atoms with Crippen LogP contribution in [0.2, 0.25) is 0 Å². The van der Waals surface area contributed by atoms with Crippen molar-refractivity contribution in [2.45, 2.75) is 6.36 Å². The van der Waals surface area contributed by atoms with Gasteiger partial charge in [-0.2, -0.15) is 0 Å². The Hall–Kier alpha value is -1.52. The normalized spacial score (nSPS) is 11.0. The summed E-state index contributed by atoms with van der Waals surface area (Å²) in [5.41, 5.74) is -0.125. The number of carbonyl (C=O) groups is 1. The number of ether oxygens (including phenoxy) is 1. The summed E-state index contributed by atoms with van der Waals surface area (Å²) in [4.78, 5) is 10.7. The van der Waals surface area contributed by atoms with Crippen molar-refractivity contribution in [2.24, 2.45) is 0 Å². The van der Waals surface area contributed by atoms with Gasteiger partial charge in [0.05, 0.1) is 5.56 Å². The average molecular weight is 190 g/mol. The highest BCUT2D eigenvalue weighted by molar-refractivity contribution is 5.89. The molecule has 2 nitrogen and oxygen atoms in total. The van der Waals surface area contributed by atoms with E-state index in [4.69, 9.17) is 0 Å². The van der Waals surface area contributed by atoms with E-state index in [2.05, 4.69) is 4.74 Å². The Morgan fingerprint density at radius 2 is 1.69 bits per heavy atom. The number of alkyl halides is 3. The van der Waals surface area contributed by atoms with Crippen LogP contribution in [0, 0.1) is 0 Å². The molecule has 0 amide bonds. The number of benzene rings is 1. The maximum Gasteiger partial charge on any atom is 0.575 e. The van der Waals surface area contributed by atoms with Gasteiger partial charge in [0.2, 0.25) is 0 Å². The lowest BCUT2D eigenvalue weighted by Crippen LogP contribution is -2.19. The second-order valence-corrected chi connectivity index (χ2v) is 2.20. The minimum atomic E-state index is -4.92. The molecule has 0 radical (unpaired) electrons. The van der Waals surface area contributed by atoms with Crippen LogP contribution in [0.15, 0.2) is 30.3 Å². The zero-order valence-electron chi connectivity index (χ0n) is 6.34. The van der Waals surface area contributed by atoms with Crippen LogP contribution in [0.4, 0.5) is 13.2 Å². The van der Waals surface area contributed by atoms with E-state index >= 15 is 0 Å². The van der Waals surface area contributed by atoms with Crippen LogP contribution in [0.3, 0.4) is 0 Å². The van der Waals surface area contributed by atoms with Gasteiger partial charge < -0.3 is 4.74 Å². The molecule has 0 aliphatic carbocycles. The Labute approximate surface area is 71.9 Å². The summed E-state index contributed by atoms with van der Waals surface area (Å²) >= 11 is 0. The molecule has 70 valence electrons. The molecular weight excluding hydrogens is 185 g/mol. The summed E-state index contributed by atoms with van der Waals surface area (Å²) in [6.07, 6.45) is -4.92. The van der Waals surface area contributed by atoms with Crippen molar-refractivity contribution >= 4 is 5.97 Å². The molecule has 0 saturated heterocycles. The van der Waals surface area contributed by atoms with Crippen LogP contribution in [0.25, 0.3) is 0 Å². The Morgan fingerprint density at radius 3 is 2.15 bits per heavy atom. The molecule has 5 heteroatoms. The third kappa shape index (κ3) is 3.14. The van der Waals surface area contributed by atoms with Gasteiger partial charge in [0.15, 0.2) is 0 Å². The van der Waals surface area contributed by atoms with Gasteiger partial charge in [0.25, 0.3) is 0 Å². The molecule has 13 heavy (non-hydrogen) atoms. The summed E-state index contributed by atoms with van der Waals surface area (Å²) in [5, 5.41) is 0. The predicted octanol–water partition coefficient (Wildman–Crippen LogP) is 2.36. The number of carbonyl (C=O) groups excluding carboxylic acids is 1. The Morgan fingerprint density at radius 1 is 1.15 bits per heavy atom. The second kappa shape index (κ2) is 3.47. The first-order chi connectivity index (χ1) is 5.99. The molecule has 0 N–H and O–H groups in total. The fourth-order valence-corrected chi connectivity index (χ4v) is 0.738. The molecule has 0 aliphatic rings. The van der Waals surface area contributed by atoms with Gasteiger partial charge in [0.1, 0.15) is 0 Å². The molecule has 0 atom stereocenters. The van der Waals surface area contributed by atoms with Gasteiger partial charge in [-0.15, -0.1) is 13.2 Å². The largest absolute Gasteiger partial charge is 0.575 e. The van der Waals surface area contributed by atoms with Gasteiger partial charge in [-0.05, 0) is 12.1 Å². The van der Waals surface area contributed by atoms with Gasteiger partial charge in [-0.25, -0.2) is 4.79 Å². The number of rotatable bonds is 1. The third-order valence-corrected chi connectivity index (χ3v) is 1.22. The molecule has 1 rings (SSSR count). The number of halogens is 3. The Balaban J connectivity index is 2.71. The summed E-state index contributed by atoms with van der Waals surface area (Å²) in [6.45, 7) is 0. The van der Waals surface area contributed by atoms with Gasteiger partial charge >= 0.3 is 12.3 Å². The van der Waals surface area contributed by atoms with E-state index in [-0.39, 0.29) is 5.56 Å².